The summed E-state index contributed by atoms with van der Waals surface area (Å²) in [6, 6.07) is 3.24. The van der Waals surface area contributed by atoms with Crippen molar-refractivity contribution in [3.8, 4) is 0 Å². The Hall–Kier alpha value is -0.300. The minimum absolute atomic E-state index is 1.12. The highest BCUT2D eigenvalue weighted by Gasteiger charge is 1.90. The number of thiophene rings is 1. The summed E-state index contributed by atoms with van der Waals surface area (Å²) >= 11 is 1.77. The zero-order valence-corrected chi connectivity index (χ0v) is 6.01. The van der Waals surface area contributed by atoms with Crippen LogP contribution < -0.4 is 0 Å². The lowest BCUT2D eigenvalue weighted by atomic mass is 10.2. The maximum Gasteiger partial charge on any atom is 0.00959 e. The quantitative estimate of drug-likeness (QED) is 0.540. The van der Waals surface area contributed by atoms with Gasteiger partial charge in [-0.2, -0.15) is 0 Å². The first-order valence-electron chi connectivity index (χ1n) is 2.79. The number of hydrogen-bond donors (Lipinski definition) is 0. The molecule has 8 heavy (non-hydrogen) atoms. The van der Waals surface area contributed by atoms with Gasteiger partial charge in [0.05, 0.1) is 0 Å². The Morgan fingerprint density at radius 2 is 2.50 bits per heavy atom. The molecule has 0 aliphatic heterocycles. The van der Waals surface area contributed by atoms with E-state index in [1.165, 1.54) is 10.4 Å². The summed E-state index contributed by atoms with van der Waals surface area (Å²) in [7, 11) is 0. The topological polar surface area (TPSA) is 0 Å². The van der Waals surface area contributed by atoms with Crippen molar-refractivity contribution in [1.82, 2.24) is 0 Å². The summed E-state index contributed by atoms with van der Waals surface area (Å²) in [4.78, 5) is 1.29. The van der Waals surface area contributed by atoms with Crippen molar-refractivity contribution in [1.29, 1.82) is 0 Å². The molecule has 0 unspecified atom stereocenters. The predicted molar refractivity (Wildman–Crippen MR) is 37.3 cm³/mol. The normalized spacial score (nSPS) is 9.75. The van der Waals surface area contributed by atoms with Gasteiger partial charge in [-0.25, -0.2) is 0 Å². The second-order valence-corrected chi connectivity index (χ2v) is 2.88. The molecule has 0 amide bonds. The van der Waals surface area contributed by atoms with Crippen molar-refractivity contribution in [2.45, 2.75) is 20.3 Å². The van der Waals surface area contributed by atoms with Crippen LogP contribution in [0.25, 0.3) is 0 Å². The van der Waals surface area contributed by atoms with Crippen LogP contribution in [0.15, 0.2) is 5.38 Å². The van der Waals surface area contributed by atoms with Crippen molar-refractivity contribution in [2.24, 2.45) is 0 Å². The second kappa shape index (κ2) is 2.31. The van der Waals surface area contributed by atoms with Crippen LogP contribution in [-0.2, 0) is 6.42 Å². The first-order valence-corrected chi connectivity index (χ1v) is 3.67. The van der Waals surface area contributed by atoms with Gasteiger partial charge in [0.25, 0.3) is 0 Å². The Labute approximate surface area is 54.2 Å². The molecule has 0 saturated heterocycles. The fraction of sp³-hybridized carbons (Fsp3) is 0.429. The molecule has 0 saturated carbocycles. The Morgan fingerprint density at radius 3 is 2.75 bits per heavy atom. The van der Waals surface area contributed by atoms with Crippen molar-refractivity contribution in [3.63, 3.8) is 0 Å². The van der Waals surface area contributed by atoms with Crippen LogP contribution in [0.3, 0.4) is 0 Å². The van der Waals surface area contributed by atoms with Gasteiger partial charge in [-0.15, -0.1) is 11.3 Å². The maximum absolute atomic E-state index is 3.24. The third-order valence-corrected chi connectivity index (χ3v) is 1.95. The largest absolute Gasteiger partial charge is 0.148 e. The summed E-state index contributed by atoms with van der Waals surface area (Å²) in [5, 5.41) is 2.16. The van der Waals surface area contributed by atoms with Gasteiger partial charge < -0.3 is 0 Å². The molecule has 1 heterocycles. The highest BCUT2D eigenvalue weighted by Crippen LogP contribution is 2.11. The van der Waals surface area contributed by atoms with Gasteiger partial charge in [0.1, 0.15) is 0 Å². The van der Waals surface area contributed by atoms with Crippen LogP contribution in [0.5, 0.6) is 0 Å². The lowest BCUT2D eigenvalue weighted by Crippen LogP contribution is -1.68. The van der Waals surface area contributed by atoms with Gasteiger partial charge in [-0.1, -0.05) is 6.92 Å². The molecule has 1 aromatic rings. The van der Waals surface area contributed by atoms with E-state index in [-0.39, 0.29) is 0 Å². The SMILES string of the molecule is CCc1[c]c(C)sc1. The van der Waals surface area contributed by atoms with E-state index in [4.69, 9.17) is 0 Å². The van der Waals surface area contributed by atoms with Gasteiger partial charge in [0, 0.05) is 4.88 Å². The molecule has 0 aliphatic carbocycles. The van der Waals surface area contributed by atoms with Gasteiger partial charge in [0.15, 0.2) is 0 Å². The molecule has 1 heteroatoms. The highest BCUT2D eigenvalue weighted by molar-refractivity contribution is 7.09. The van der Waals surface area contributed by atoms with Crippen LogP contribution in [0.1, 0.15) is 17.4 Å². The zero-order chi connectivity index (χ0) is 5.98. The standard InChI is InChI=1S/C7H9S/c1-3-7-4-6(2)8-5-7/h5H,3H2,1-2H3. The number of hydrogen-bond acceptors (Lipinski definition) is 1. The van der Waals surface area contributed by atoms with Crippen LogP contribution in [0.4, 0.5) is 0 Å². The molecule has 1 aromatic heterocycles. The van der Waals surface area contributed by atoms with E-state index >= 15 is 0 Å². The average molecular weight is 125 g/mol. The fourth-order valence-corrected chi connectivity index (χ4v) is 1.35. The molecule has 0 atom stereocenters. The molecular weight excluding hydrogens is 116 g/mol. The van der Waals surface area contributed by atoms with E-state index < -0.39 is 0 Å². The Bertz CT molecular complexity index is 165. The number of rotatable bonds is 1. The molecular formula is C7H9S. The van der Waals surface area contributed by atoms with Crippen molar-refractivity contribution in [2.75, 3.05) is 0 Å². The predicted octanol–water partition coefficient (Wildman–Crippen LogP) is 2.42. The Kier molecular flexibility index (Phi) is 1.69. The van der Waals surface area contributed by atoms with E-state index in [1.807, 2.05) is 0 Å². The summed E-state index contributed by atoms with van der Waals surface area (Å²) in [6.07, 6.45) is 1.12. The van der Waals surface area contributed by atoms with Crippen molar-refractivity contribution < 1.29 is 0 Å². The molecule has 1 rings (SSSR count). The van der Waals surface area contributed by atoms with Crippen LogP contribution >= 0.6 is 11.3 Å². The third kappa shape index (κ3) is 1.10. The molecule has 0 fully saturated rings. The van der Waals surface area contributed by atoms with Crippen LogP contribution in [0.2, 0.25) is 0 Å². The summed E-state index contributed by atoms with van der Waals surface area (Å²) in [5.74, 6) is 0. The molecule has 43 valence electrons. The van der Waals surface area contributed by atoms with Gasteiger partial charge in [0.2, 0.25) is 0 Å². The molecule has 0 bridgehead atoms. The van der Waals surface area contributed by atoms with Crippen LogP contribution in [-0.4, -0.2) is 0 Å². The Morgan fingerprint density at radius 1 is 1.75 bits per heavy atom. The summed E-state index contributed by atoms with van der Waals surface area (Å²) < 4.78 is 0. The number of aryl methyl sites for hydroxylation is 2. The summed E-state index contributed by atoms with van der Waals surface area (Å²) in [5.41, 5.74) is 1.34. The first-order chi connectivity index (χ1) is 3.83. The zero-order valence-electron chi connectivity index (χ0n) is 5.19. The van der Waals surface area contributed by atoms with E-state index in [0.29, 0.717) is 0 Å². The van der Waals surface area contributed by atoms with Gasteiger partial charge in [-0.3, -0.25) is 0 Å². The summed E-state index contributed by atoms with van der Waals surface area (Å²) in [6.45, 7) is 4.24. The smallest absolute Gasteiger partial charge is 0.00959 e. The average Bonchev–Trinajstić information content (AvgIpc) is 2.14. The molecule has 0 spiro atoms. The Balaban J connectivity index is 2.84. The van der Waals surface area contributed by atoms with Crippen LogP contribution in [0, 0.1) is 13.0 Å². The molecule has 0 nitrogen and oxygen atoms in total. The minimum atomic E-state index is 1.12. The van der Waals surface area contributed by atoms with E-state index in [2.05, 4.69) is 25.3 Å². The third-order valence-electron chi connectivity index (χ3n) is 1.10. The van der Waals surface area contributed by atoms with Gasteiger partial charge in [-0.05, 0) is 30.4 Å². The molecule has 0 aliphatic rings. The van der Waals surface area contributed by atoms with E-state index in [1.54, 1.807) is 11.3 Å². The highest BCUT2D eigenvalue weighted by atomic mass is 32.1. The first kappa shape index (κ1) is 5.83. The lowest BCUT2D eigenvalue weighted by molar-refractivity contribution is 1.15. The van der Waals surface area contributed by atoms with Crippen molar-refractivity contribution >= 4 is 11.3 Å². The minimum Gasteiger partial charge on any atom is -0.148 e. The van der Waals surface area contributed by atoms with Crippen molar-refractivity contribution in [3.05, 3.63) is 21.9 Å². The van der Waals surface area contributed by atoms with E-state index in [9.17, 15) is 0 Å². The van der Waals surface area contributed by atoms with Gasteiger partial charge >= 0.3 is 0 Å². The second-order valence-electron chi connectivity index (χ2n) is 1.80. The molecule has 1 radical (unpaired) electrons. The lowest BCUT2D eigenvalue weighted by Gasteiger charge is -1.79. The molecule has 0 aromatic carbocycles. The molecule has 0 N–H and O–H groups in total. The fourth-order valence-electron chi connectivity index (χ4n) is 0.616. The maximum atomic E-state index is 3.24. The monoisotopic (exact) mass is 125 g/mol. The van der Waals surface area contributed by atoms with E-state index in [0.717, 1.165) is 6.42 Å².